The van der Waals surface area contributed by atoms with Crippen LogP contribution in [-0.2, 0) is 13.6 Å². The third-order valence-corrected chi connectivity index (χ3v) is 3.34. The van der Waals surface area contributed by atoms with Crippen molar-refractivity contribution in [1.29, 1.82) is 0 Å². The Labute approximate surface area is 122 Å². The average Bonchev–Trinajstić information content (AvgIpc) is 2.83. The van der Waals surface area contributed by atoms with E-state index in [1.807, 2.05) is 37.0 Å². The van der Waals surface area contributed by atoms with Gasteiger partial charge >= 0.3 is 0 Å². The lowest BCUT2D eigenvalue weighted by molar-refractivity contribution is 0.472. The average molecular weight is 285 g/mol. The van der Waals surface area contributed by atoms with Gasteiger partial charge in [-0.2, -0.15) is 5.10 Å². The highest BCUT2D eigenvalue weighted by Gasteiger charge is 2.08. The first-order valence-electron chi connectivity index (χ1n) is 6.70. The molecule has 0 atom stereocenters. The Kier molecular flexibility index (Phi) is 3.58. The molecule has 0 fully saturated rings. The molecule has 3 aromatic rings. The summed E-state index contributed by atoms with van der Waals surface area (Å²) in [5.74, 6) is 1.09. The van der Waals surface area contributed by atoms with Crippen LogP contribution in [0, 0.1) is 5.82 Å². The molecule has 0 amide bonds. The molecule has 0 radical (unpaired) electrons. The van der Waals surface area contributed by atoms with Gasteiger partial charge in [0.1, 0.15) is 17.3 Å². The Morgan fingerprint density at radius 3 is 2.90 bits per heavy atom. The fourth-order valence-corrected chi connectivity index (χ4v) is 2.31. The van der Waals surface area contributed by atoms with E-state index in [-0.39, 0.29) is 5.82 Å². The highest BCUT2D eigenvalue weighted by atomic mass is 19.1. The Morgan fingerprint density at radius 2 is 2.10 bits per heavy atom. The molecule has 0 spiro atoms. The molecule has 0 saturated carbocycles. The molecule has 0 unspecified atom stereocenters. The van der Waals surface area contributed by atoms with E-state index in [1.165, 1.54) is 12.1 Å². The van der Waals surface area contributed by atoms with Crippen molar-refractivity contribution in [3.63, 3.8) is 0 Å². The zero-order valence-electron chi connectivity index (χ0n) is 11.9. The third kappa shape index (κ3) is 2.73. The minimum Gasteiger partial charge on any atom is -0.457 e. The molecule has 0 aliphatic rings. The van der Waals surface area contributed by atoms with Crippen molar-refractivity contribution >= 4 is 10.9 Å². The molecule has 108 valence electrons. The number of rotatable bonds is 4. The minimum absolute atomic E-state index is 0.268. The van der Waals surface area contributed by atoms with Gasteiger partial charge in [0.25, 0.3) is 0 Å². The standard InChI is InChI=1S/C16H16FN3O/c1-18-9-12-7-13(17)3-6-16(12)21-14-4-5-15-11(8-14)10-19-20(15)2/h3-8,10,18H,9H2,1-2H3. The third-order valence-electron chi connectivity index (χ3n) is 3.34. The molecule has 1 heterocycles. The van der Waals surface area contributed by atoms with Gasteiger partial charge in [-0.25, -0.2) is 4.39 Å². The molecule has 4 nitrogen and oxygen atoms in total. The van der Waals surface area contributed by atoms with Crippen LogP contribution in [0.15, 0.2) is 42.6 Å². The fraction of sp³-hybridized carbons (Fsp3) is 0.188. The fourth-order valence-electron chi connectivity index (χ4n) is 2.31. The van der Waals surface area contributed by atoms with Gasteiger partial charge in [-0.3, -0.25) is 4.68 Å². The normalized spacial score (nSPS) is 11.0. The van der Waals surface area contributed by atoms with Gasteiger partial charge in [-0.15, -0.1) is 0 Å². The zero-order chi connectivity index (χ0) is 14.8. The second-order valence-electron chi connectivity index (χ2n) is 4.87. The predicted octanol–water partition coefficient (Wildman–Crippen LogP) is 3.22. The summed E-state index contributed by atoms with van der Waals surface area (Å²) in [6.45, 7) is 0.544. The van der Waals surface area contributed by atoms with Crippen molar-refractivity contribution < 1.29 is 9.13 Å². The summed E-state index contributed by atoms with van der Waals surface area (Å²) in [5, 5.41) is 8.22. The predicted molar refractivity (Wildman–Crippen MR) is 80.0 cm³/mol. The van der Waals surface area contributed by atoms with E-state index in [1.54, 1.807) is 12.3 Å². The summed E-state index contributed by atoms with van der Waals surface area (Å²) < 4.78 is 21.0. The minimum atomic E-state index is -0.268. The summed E-state index contributed by atoms with van der Waals surface area (Å²) in [4.78, 5) is 0. The molecule has 0 bridgehead atoms. The number of aromatic nitrogens is 2. The number of aryl methyl sites for hydroxylation is 1. The Morgan fingerprint density at radius 1 is 1.24 bits per heavy atom. The lowest BCUT2D eigenvalue weighted by Crippen LogP contribution is -2.06. The maximum Gasteiger partial charge on any atom is 0.132 e. The van der Waals surface area contributed by atoms with Crippen molar-refractivity contribution in [2.45, 2.75) is 6.54 Å². The number of hydrogen-bond acceptors (Lipinski definition) is 3. The van der Waals surface area contributed by atoms with Crippen LogP contribution in [0.4, 0.5) is 4.39 Å². The smallest absolute Gasteiger partial charge is 0.132 e. The van der Waals surface area contributed by atoms with E-state index >= 15 is 0 Å². The molecule has 2 aromatic carbocycles. The van der Waals surface area contributed by atoms with Crippen LogP contribution in [0.2, 0.25) is 0 Å². The summed E-state index contributed by atoms with van der Waals surface area (Å²) in [6, 6.07) is 10.3. The lowest BCUT2D eigenvalue weighted by atomic mass is 10.2. The number of hydrogen-bond donors (Lipinski definition) is 1. The molecule has 21 heavy (non-hydrogen) atoms. The largest absolute Gasteiger partial charge is 0.457 e. The number of nitrogens with one attached hydrogen (secondary N) is 1. The van der Waals surface area contributed by atoms with Crippen LogP contribution in [0.1, 0.15) is 5.56 Å². The summed E-state index contributed by atoms with van der Waals surface area (Å²) in [5.41, 5.74) is 1.82. The van der Waals surface area contributed by atoms with Gasteiger partial charge in [-0.1, -0.05) is 0 Å². The second-order valence-corrected chi connectivity index (χ2v) is 4.87. The van der Waals surface area contributed by atoms with Gasteiger partial charge in [-0.05, 0) is 43.4 Å². The number of nitrogens with zero attached hydrogens (tertiary/aromatic N) is 2. The van der Waals surface area contributed by atoms with Crippen molar-refractivity contribution in [3.05, 3.63) is 54.0 Å². The van der Waals surface area contributed by atoms with Crippen LogP contribution in [0.25, 0.3) is 10.9 Å². The second kappa shape index (κ2) is 5.54. The van der Waals surface area contributed by atoms with Gasteiger partial charge in [0.15, 0.2) is 0 Å². The van der Waals surface area contributed by atoms with Gasteiger partial charge in [0, 0.05) is 24.5 Å². The highest BCUT2D eigenvalue weighted by molar-refractivity contribution is 5.80. The molecule has 0 saturated heterocycles. The van der Waals surface area contributed by atoms with Crippen LogP contribution < -0.4 is 10.1 Å². The number of halogens is 1. The number of fused-ring (bicyclic) bond motifs is 1. The first-order chi connectivity index (χ1) is 10.2. The maximum atomic E-state index is 13.3. The van der Waals surface area contributed by atoms with Crippen LogP contribution in [0.5, 0.6) is 11.5 Å². The topological polar surface area (TPSA) is 39.1 Å². The van der Waals surface area contributed by atoms with Gasteiger partial charge < -0.3 is 10.1 Å². The van der Waals surface area contributed by atoms with Crippen molar-refractivity contribution in [1.82, 2.24) is 15.1 Å². The first kappa shape index (κ1) is 13.6. The van der Waals surface area contributed by atoms with Crippen molar-refractivity contribution in [2.75, 3.05) is 7.05 Å². The molecule has 1 N–H and O–H groups in total. The summed E-state index contributed by atoms with van der Waals surface area (Å²) >= 11 is 0. The van der Waals surface area contributed by atoms with E-state index in [0.717, 1.165) is 16.5 Å². The quantitative estimate of drug-likeness (QED) is 0.800. The van der Waals surface area contributed by atoms with Crippen molar-refractivity contribution in [2.24, 2.45) is 7.05 Å². The zero-order valence-corrected chi connectivity index (χ0v) is 11.9. The Balaban J connectivity index is 1.94. The van der Waals surface area contributed by atoms with Crippen LogP contribution in [-0.4, -0.2) is 16.8 Å². The monoisotopic (exact) mass is 285 g/mol. The molecule has 1 aromatic heterocycles. The van der Waals surface area contributed by atoms with E-state index in [2.05, 4.69) is 10.4 Å². The highest BCUT2D eigenvalue weighted by Crippen LogP contribution is 2.28. The summed E-state index contributed by atoms with van der Waals surface area (Å²) in [7, 11) is 3.71. The van der Waals surface area contributed by atoms with Gasteiger partial charge in [0.2, 0.25) is 0 Å². The van der Waals surface area contributed by atoms with Crippen LogP contribution in [0.3, 0.4) is 0 Å². The maximum absolute atomic E-state index is 13.3. The Bertz CT molecular complexity index is 782. The lowest BCUT2D eigenvalue weighted by Gasteiger charge is -2.11. The van der Waals surface area contributed by atoms with E-state index in [4.69, 9.17) is 4.74 Å². The van der Waals surface area contributed by atoms with Gasteiger partial charge in [0.05, 0.1) is 11.7 Å². The molecule has 0 aliphatic carbocycles. The number of ether oxygens (including phenoxy) is 1. The molecule has 0 aliphatic heterocycles. The van der Waals surface area contributed by atoms with Crippen LogP contribution >= 0.6 is 0 Å². The van der Waals surface area contributed by atoms with Crippen molar-refractivity contribution in [3.8, 4) is 11.5 Å². The Hall–Kier alpha value is -2.40. The number of benzene rings is 2. The van der Waals surface area contributed by atoms with E-state index in [0.29, 0.717) is 18.0 Å². The van der Waals surface area contributed by atoms with E-state index in [9.17, 15) is 4.39 Å². The molecular weight excluding hydrogens is 269 g/mol. The first-order valence-corrected chi connectivity index (χ1v) is 6.70. The molecular formula is C16H16FN3O. The SMILES string of the molecule is CNCc1cc(F)ccc1Oc1ccc2c(cnn2C)c1. The molecule has 3 rings (SSSR count). The summed E-state index contributed by atoms with van der Waals surface area (Å²) in [6.07, 6.45) is 1.79. The van der Waals surface area contributed by atoms with E-state index < -0.39 is 0 Å². The molecule has 5 heteroatoms.